The first-order valence-corrected chi connectivity index (χ1v) is 6.42. The molecule has 0 aliphatic carbocycles. The van der Waals surface area contributed by atoms with Crippen molar-refractivity contribution in [2.75, 3.05) is 26.4 Å². The molecular formula is C12H22O5. The molecule has 0 aromatic carbocycles. The fraction of sp³-hybridized carbons (Fsp3) is 1.00. The van der Waals surface area contributed by atoms with Crippen molar-refractivity contribution in [3.05, 3.63) is 0 Å². The van der Waals surface area contributed by atoms with Crippen molar-refractivity contribution in [2.45, 2.75) is 50.1 Å². The van der Waals surface area contributed by atoms with Crippen LogP contribution < -0.4 is 0 Å². The number of hydrogen-bond acceptors (Lipinski definition) is 5. The van der Waals surface area contributed by atoms with Gasteiger partial charge in [-0.25, -0.2) is 0 Å². The summed E-state index contributed by atoms with van der Waals surface area (Å²) in [7, 11) is 0. The summed E-state index contributed by atoms with van der Waals surface area (Å²) in [5.41, 5.74) is 0. The molecule has 17 heavy (non-hydrogen) atoms. The molecule has 2 rings (SSSR count). The Morgan fingerprint density at radius 2 is 1.18 bits per heavy atom. The standard InChI is InChI=1S/C12H22O5/c13-5-9-1-3-11(16-9)7-15-8-12-4-2-10(6-14)17-12/h9-14H,1-8H2/t9-,10-,11-,12-/m0/s1. The Kier molecular flexibility index (Phi) is 5.18. The molecule has 5 heteroatoms. The summed E-state index contributed by atoms with van der Waals surface area (Å²) in [6.07, 6.45) is 3.94. The van der Waals surface area contributed by atoms with Crippen LogP contribution in [0, 0.1) is 0 Å². The number of aliphatic hydroxyl groups is 2. The number of ether oxygens (including phenoxy) is 3. The predicted octanol–water partition coefficient (Wildman–Crippen LogP) is 0.0828. The molecule has 2 aliphatic rings. The topological polar surface area (TPSA) is 68.2 Å². The maximum absolute atomic E-state index is 8.93. The first-order chi connectivity index (χ1) is 8.31. The molecule has 0 radical (unpaired) electrons. The summed E-state index contributed by atoms with van der Waals surface area (Å²) in [5.74, 6) is 0. The number of hydrogen-bond donors (Lipinski definition) is 2. The van der Waals surface area contributed by atoms with Gasteiger partial charge in [-0.3, -0.25) is 0 Å². The van der Waals surface area contributed by atoms with Gasteiger partial charge >= 0.3 is 0 Å². The van der Waals surface area contributed by atoms with Gasteiger partial charge in [-0.05, 0) is 25.7 Å². The average Bonchev–Trinajstić information content (AvgIpc) is 2.97. The van der Waals surface area contributed by atoms with E-state index in [1.165, 1.54) is 0 Å². The Morgan fingerprint density at radius 3 is 1.53 bits per heavy atom. The molecule has 0 unspecified atom stereocenters. The van der Waals surface area contributed by atoms with Crippen molar-refractivity contribution in [3.63, 3.8) is 0 Å². The van der Waals surface area contributed by atoms with Gasteiger partial charge in [0.1, 0.15) is 0 Å². The minimum atomic E-state index is -0.00917. The Balaban J connectivity index is 1.55. The smallest absolute Gasteiger partial charge is 0.0814 e. The van der Waals surface area contributed by atoms with Crippen LogP contribution in [0.15, 0.2) is 0 Å². The van der Waals surface area contributed by atoms with Crippen molar-refractivity contribution >= 4 is 0 Å². The summed E-state index contributed by atoms with van der Waals surface area (Å²) in [6.45, 7) is 1.33. The molecule has 2 saturated heterocycles. The van der Waals surface area contributed by atoms with Crippen LogP contribution in [0.1, 0.15) is 25.7 Å². The lowest BCUT2D eigenvalue weighted by Crippen LogP contribution is -2.23. The molecule has 0 saturated carbocycles. The molecule has 100 valence electrons. The van der Waals surface area contributed by atoms with E-state index in [1.807, 2.05) is 0 Å². The van der Waals surface area contributed by atoms with Gasteiger partial charge in [0.15, 0.2) is 0 Å². The highest BCUT2D eigenvalue weighted by Gasteiger charge is 2.27. The molecule has 2 fully saturated rings. The van der Waals surface area contributed by atoms with Crippen molar-refractivity contribution in [1.82, 2.24) is 0 Å². The third kappa shape index (κ3) is 3.89. The highest BCUT2D eigenvalue weighted by Crippen LogP contribution is 2.21. The summed E-state index contributed by atoms with van der Waals surface area (Å²) < 4.78 is 16.7. The highest BCUT2D eigenvalue weighted by atomic mass is 16.6. The fourth-order valence-corrected chi connectivity index (χ4v) is 2.40. The SMILES string of the molecule is OC[C@@H]1CC[C@@H](COC[C@@H]2CC[C@@H](CO)O2)O1. The van der Waals surface area contributed by atoms with Crippen molar-refractivity contribution in [2.24, 2.45) is 0 Å². The molecule has 4 atom stereocenters. The second-order valence-electron chi connectivity index (χ2n) is 4.82. The molecule has 0 spiro atoms. The van der Waals surface area contributed by atoms with Crippen LogP contribution >= 0.6 is 0 Å². The Morgan fingerprint density at radius 1 is 0.765 bits per heavy atom. The van der Waals surface area contributed by atoms with Crippen LogP contribution in [0.3, 0.4) is 0 Å². The van der Waals surface area contributed by atoms with E-state index < -0.39 is 0 Å². The van der Waals surface area contributed by atoms with E-state index in [1.54, 1.807) is 0 Å². The van der Waals surface area contributed by atoms with Crippen molar-refractivity contribution in [1.29, 1.82) is 0 Å². The van der Waals surface area contributed by atoms with E-state index in [9.17, 15) is 0 Å². The van der Waals surface area contributed by atoms with Gasteiger partial charge in [-0.2, -0.15) is 0 Å². The van der Waals surface area contributed by atoms with Crippen molar-refractivity contribution < 1.29 is 24.4 Å². The quantitative estimate of drug-likeness (QED) is 0.695. The lowest BCUT2D eigenvalue weighted by atomic mass is 10.2. The summed E-state index contributed by atoms with van der Waals surface area (Å²) in [6, 6.07) is 0. The normalized spacial score (nSPS) is 37.8. The van der Waals surface area contributed by atoms with E-state index in [-0.39, 0.29) is 37.6 Å². The van der Waals surface area contributed by atoms with Crippen LogP contribution in [-0.2, 0) is 14.2 Å². The van der Waals surface area contributed by atoms with Crippen LogP contribution in [-0.4, -0.2) is 61.1 Å². The number of rotatable bonds is 6. The van der Waals surface area contributed by atoms with E-state index in [4.69, 9.17) is 24.4 Å². The summed E-state index contributed by atoms with van der Waals surface area (Å²) >= 11 is 0. The molecule has 0 bridgehead atoms. The van der Waals surface area contributed by atoms with Gasteiger partial charge in [0.2, 0.25) is 0 Å². The maximum atomic E-state index is 8.93. The Labute approximate surface area is 102 Å². The summed E-state index contributed by atoms with van der Waals surface area (Å²) in [4.78, 5) is 0. The van der Waals surface area contributed by atoms with E-state index in [0.717, 1.165) is 25.7 Å². The monoisotopic (exact) mass is 246 g/mol. The molecule has 0 aromatic rings. The van der Waals surface area contributed by atoms with Crippen molar-refractivity contribution in [3.8, 4) is 0 Å². The highest BCUT2D eigenvalue weighted by molar-refractivity contribution is 4.75. The van der Waals surface area contributed by atoms with Gasteiger partial charge in [0.05, 0.1) is 50.8 Å². The third-order valence-corrected chi connectivity index (χ3v) is 3.41. The first-order valence-electron chi connectivity index (χ1n) is 6.42. The van der Waals surface area contributed by atoms with Crippen LogP contribution in [0.25, 0.3) is 0 Å². The third-order valence-electron chi connectivity index (χ3n) is 3.41. The zero-order valence-electron chi connectivity index (χ0n) is 10.1. The van der Waals surface area contributed by atoms with Crippen LogP contribution in [0.4, 0.5) is 0 Å². The van der Waals surface area contributed by atoms with Gasteiger partial charge in [-0.15, -0.1) is 0 Å². The van der Waals surface area contributed by atoms with E-state index >= 15 is 0 Å². The molecule has 2 N–H and O–H groups in total. The van der Waals surface area contributed by atoms with Crippen LogP contribution in [0.5, 0.6) is 0 Å². The zero-order chi connectivity index (χ0) is 12.1. The molecule has 5 nitrogen and oxygen atoms in total. The van der Waals surface area contributed by atoms with Crippen LogP contribution in [0.2, 0.25) is 0 Å². The Hall–Kier alpha value is -0.200. The Bertz CT molecular complexity index is 201. The lowest BCUT2D eigenvalue weighted by molar-refractivity contribution is -0.0647. The van der Waals surface area contributed by atoms with Gasteiger partial charge in [0, 0.05) is 0 Å². The zero-order valence-corrected chi connectivity index (χ0v) is 10.1. The second-order valence-corrected chi connectivity index (χ2v) is 4.82. The molecule has 0 amide bonds. The van der Waals surface area contributed by atoms with Gasteiger partial charge in [-0.1, -0.05) is 0 Å². The first kappa shape index (κ1) is 13.2. The van der Waals surface area contributed by atoms with Gasteiger partial charge in [0.25, 0.3) is 0 Å². The molecule has 0 aromatic heterocycles. The lowest BCUT2D eigenvalue weighted by Gasteiger charge is -2.15. The molecular weight excluding hydrogens is 224 g/mol. The van der Waals surface area contributed by atoms with E-state index in [0.29, 0.717) is 13.2 Å². The minimum absolute atomic E-state index is 0.00917. The average molecular weight is 246 g/mol. The summed E-state index contributed by atoms with van der Waals surface area (Å²) in [5, 5.41) is 17.9. The minimum Gasteiger partial charge on any atom is -0.394 e. The largest absolute Gasteiger partial charge is 0.394 e. The second kappa shape index (κ2) is 6.66. The predicted molar refractivity (Wildman–Crippen MR) is 60.8 cm³/mol. The maximum Gasteiger partial charge on any atom is 0.0814 e. The van der Waals surface area contributed by atoms with Gasteiger partial charge < -0.3 is 24.4 Å². The van der Waals surface area contributed by atoms with E-state index in [2.05, 4.69) is 0 Å². The molecule has 2 heterocycles. The fourth-order valence-electron chi connectivity index (χ4n) is 2.40. The molecule has 2 aliphatic heterocycles. The number of aliphatic hydroxyl groups excluding tert-OH is 2.